The van der Waals surface area contributed by atoms with E-state index >= 15 is 0 Å². The van der Waals surface area contributed by atoms with E-state index in [1.165, 1.54) is 32.1 Å². The highest BCUT2D eigenvalue weighted by Gasteiger charge is 2.46. The molecule has 0 radical (unpaired) electrons. The molecule has 4 rings (SSSR count). The Labute approximate surface area is 103 Å². The Morgan fingerprint density at radius 2 is 1.44 bits per heavy atom. The molecule has 1 saturated heterocycles. The second-order valence-corrected chi connectivity index (χ2v) is 5.27. The van der Waals surface area contributed by atoms with Gasteiger partial charge in [0.15, 0.2) is 0 Å². The molecule has 16 heavy (non-hydrogen) atoms. The van der Waals surface area contributed by atoms with Crippen molar-refractivity contribution < 1.29 is 0 Å². The average Bonchev–Trinajstić information content (AvgIpc) is 3.10. The lowest BCUT2D eigenvalue weighted by Crippen LogP contribution is -2.31. The monoisotopic (exact) mass is 235 g/mol. The van der Waals surface area contributed by atoms with E-state index < -0.39 is 0 Å². The lowest BCUT2D eigenvalue weighted by molar-refractivity contribution is 0.0998. The Morgan fingerprint density at radius 1 is 0.875 bits per heavy atom. The van der Waals surface area contributed by atoms with Gasteiger partial charge in [-0.3, -0.25) is 4.90 Å². The van der Waals surface area contributed by atoms with E-state index in [1.54, 1.807) is 11.1 Å². The fourth-order valence-electron chi connectivity index (χ4n) is 3.65. The molecule has 2 heterocycles. The summed E-state index contributed by atoms with van der Waals surface area (Å²) in [5, 5.41) is 0. The summed E-state index contributed by atoms with van der Waals surface area (Å²) in [6.07, 6.45) is 7.10. The first-order chi connectivity index (χ1) is 7.45. The zero-order valence-corrected chi connectivity index (χ0v) is 10.2. The van der Waals surface area contributed by atoms with Gasteiger partial charge in [-0.15, -0.1) is 12.4 Å². The molecule has 2 fully saturated rings. The number of fused-ring (bicyclic) bond motifs is 5. The number of piperidine rings is 1. The van der Waals surface area contributed by atoms with Gasteiger partial charge in [-0.2, -0.15) is 0 Å². The van der Waals surface area contributed by atoms with Gasteiger partial charge in [-0.25, -0.2) is 0 Å². The second-order valence-electron chi connectivity index (χ2n) is 5.27. The molecular weight excluding hydrogens is 218 g/mol. The molecule has 2 atom stereocenters. The van der Waals surface area contributed by atoms with Crippen LogP contribution in [0.5, 0.6) is 0 Å². The molecule has 1 aromatic rings. The lowest BCUT2D eigenvalue weighted by atomic mass is 10.0. The minimum atomic E-state index is 0. The molecule has 0 spiro atoms. The predicted octanol–water partition coefficient (Wildman–Crippen LogP) is 3.85. The van der Waals surface area contributed by atoms with Crippen LogP contribution in [0, 0.1) is 0 Å². The molecule has 2 unspecified atom stereocenters. The molecule has 2 aliphatic heterocycles. The van der Waals surface area contributed by atoms with E-state index in [0.29, 0.717) is 0 Å². The summed E-state index contributed by atoms with van der Waals surface area (Å²) in [6.45, 7) is 0. The van der Waals surface area contributed by atoms with Crippen molar-refractivity contribution in [2.45, 2.75) is 50.2 Å². The zero-order valence-electron chi connectivity index (χ0n) is 9.43. The Morgan fingerprint density at radius 3 is 1.94 bits per heavy atom. The standard InChI is InChI=1S/C14H17N.ClH/c1-2-5-12-11(4-1)13-6-3-7-14(12)15(13)10-8-9-10;/h1-2,4-5,10,13-14H,3,6-9H2;1H. The van der Waals surface area contributed by atoms with E-state index in [1.807, 2.05) is 0 Å². The molecule has 1 saturated carbocycles. The number of halogens is 1. The van der Waals surface area contributed by atoms with Crippen LogP contribution >= 0.6 is 12.4 Å². The van der Waals surface area contributed by atoms with E-state index in [9.17, 15) is 0 Å². The number of nitrogens with zero attached hydrogens (tertiary/aromatic N) is 1. The number of hydrogen-bond acceptors (Lipinski definition) is 1. The van der Waals surface area contributed by atoms with Gasteiger partial charge in [0.05, 0.1) is 0 Å². The lowest BCUT2D eigenvalue weighted by Gasteiger charge is -2.35. The molecule has 0 amide bonds. The topological polar surface area (TPSA) is 3.24 Å². The van der Waals surface area contributed by atoms with E-state index in [-0.39, 0.29) is 12.4 Å². The van der Waals surface area contributed by atoms with Gasteiger partial charge >= 0.3 is 0 Å². The van der Waals surface area contributed by atoms with Crippen molar-refractivity contribution >= 4 is 12.4 Å². The largest absolute Gasteiger partial charge is 0.286 e. The molecule has 3 aliphatic rings. The SMILES string of the molecule is Cl.c1ccc2c(c1)C1CCCC2N1C1CC1. The quantitative estimate of drug-likeness (QED) is 0.715. The van der Waals surface area contributed by atoms with Gasteiger partial charge in [-0.05, 0) is 43.2 Å². The Balaban J connectivity index is 0.000000810. The molecule has 1 aliphatic carbocycles. The molecule has 0 N–H and O–H groups in total. The molecule has 1 aromatic carbocycles. The summed E-state index contributed by atoms with van der Waals surface area (Å²) in [6, 6.07) is 11.6. The summed E-state index contributed by atoms with van der Waals surface area (Å²) in [5.74, 6) is 0. The maximum Gasteiger partial charge on any atom is 0.0360 e. The second kappa shape index (κ2) is 3.75. The third-order valence-corrected chi connectivity index (χ3v) is 4.36. The average molecular weight is 236 g/mol. The zero-order chi connectivity index (χ0) is 9.83. The van der Waals surface area contributed by atoms with E-state index in [0.717, 1.165) is 18.1 Å². The molecule has 86 valence electrons. The van der Waals surface area contributed by atoms with Crippen molar-refractivity contribution in [2.75, 3.05) is 0 Å². The van der Waals surface area contributed by atoms with Gasteiger partial charge in [0, 0.05) is 18.1 Å². The van der Waals surface area contributed by atoms with Crippen LogP contribution in [0.4, 0.5) is 0 Å². The van der Waals surface area contributed by atoms with Crippen molar-refractivity contribution in [1.82, 2.24) is 4.90 Å². The fraction of sp³-hybridized carbons (Fsp3) is 0.571. The summed E-state index contributed by atoms with van der Waals surface area (Å²) >= 11 is 0. The third kappa shape index (κ3) is 1.34. The van der Waals surface area contributed by atoms with Crippen LogP contribution in [0.1, 0.15) is 55.3 Å². The van der Waals surface area contributed by atoms with Crippen LogP contribution in [-0.4, -0.2) is 10.9 Å². The summed E-state index contributed by atoms with van der Waals surface area (Å²) in [7, 11) is 0. The van der Waals surface area contributed by atoms with Crippen molar-refractivity contribution in [3.05, 3.63) is 35.4 Å². The van der Waals surface area contributed by atoms with Gasteiger partial charge in [0.1, 0.15) is 0 Å². The van der Waals surface area contributed by atoms with Gasteiger partial charge < -0.3 is 0 Å². The van der Waals surface area contributed by atoms with Crippen molar-refractivity contribution in [2.24, 2.45) is 0 Å². The third-order valence-electron chi connectivity index (χ3n) is 4.36. The Bertz CT molecular complexity index is 368. The Hall–Kier alpha value is -0.530. The first-order valence-electron chi connectivity index (χ1n) is 6.31. The summed E-state index contributed by atoms with van der Waals surface area (Å²) in [5.41, 5.74) is 3.29. The van der Waals surface area contributed by atoms with Crippen molar-refractivity contribution in [3.63, 3.8) is 0 Å². The maximum atomic E-state index is 2.83. The molecular formula is C14H18ClN. The van der Waals surface area contributed by atoms with Crippen LogP contribution in [0.25, 0.3) is 0 Å². The van der Waals surface area contributed by atoms with Crippen molar-refractivity contribution in [1.29, 1.82) is 0 Å². The summed E-state index contributed by atoms with van der Waals surface area (Å²) in [4.78, 5) is 2.83. The van der Waals surface area contributed by atoms with Crippen LogP contribution in [-0.2, 0) is 0 Å². The number of rotatable bonds is 1. The van der Waals surface area contributed by atoms with Crippen LogP contribution < -0.4 is 0 Å². The number of benzene rings is 1. The van der Waals surface area contributed by atoms with Crippen molar-refractivity contribution in [3.8, 4) is 0 Å². The highest BCUT2D eigenvalue weighted by Crippen LogP contribution is 2.54. The number of hydrogen-bond donors (Lipinski definition) is 0. The minimum absolute atomic E-state index is 0. The molecule has 2 bridgehead atoms. The van der Waals surface area contributed by atoms with Crippen LogP contribution in [0.2, 0.25) is 0 Å². The normalized spacial score (nSPS) is 32.0. The first kappa shape index (κ1) is 10.6. The highest BCUT2D eigenvalue weighted by molar-refractivity contribution is 5.85. The van der Waals surface area contributed by atoms with E-state index in [4.69, 9.17) is 0 Å². The van der Waals surface area contributed by atoms with E-state index in [2.05, 4.69) is 29.2 Å². The first-order valence-corrected chi connectivity index (χ1v) is 6.31. The van der Waals surface area contributed by atoms with Crippen LogP contribution in [0.15, 0.2) is 24.3 Å². The Kier molecular flexibility index (Phi) is 2.49. The molecule has 0 aromatic heterocycles. The predicted molar refractivity (Wildman–Crippen MR) is 67.9 cm³/mol. The van der Waals surface area contributed by atoms with Gasteiger partial charge in [0.2, 0.25) is 0 Å². The van der Waals surface area contributed by atoms with Gasteiger partial charge in [0.25, 0.3) is 0 Å². The molecule has 1 nitrogen and oxygen atoms in total. The fourth-order valence-corrected chi connectivity index (χ4v) is 3.65. The van der Waals surface area contributed by atoms with Crippen LogP contribution in [0.3, 0.4) is 0 Å². The highest BCUT2D eigenvalue weighted by atomic mass is 35.5. The summed E-state index contributed by atoms with van der Waals surface area (Å²) < 4.78 is 0. The van der Waals surface area contributed by atoms with Gasteiger partial charge in [-0.1, -0.05) is 24.3 Å². The smallest absolute Gasteiger partial charge is 0.0360 e. The minimum Gasteiger partial charge on any atom is -0.286 e. The molecule has 2 heteroatoms. The maximum absolute atomic E-state index is 2.83.